The van der Waals surface area contributed by atoms with Gasteiger partial charge in [-0.15, -0.1) is 0 Å². The fourth-order valence-corrected chi connectivity index (χ4v) is 3.67. The molecule has 2 amide bonds. The zero-order valence-corrected chi connectivity index (χ0v) is 15.3. The molecule has 0 saturated heterocycles. The van der Waals surface area contributed by atoms with E-state index in [1.54, 1.807) is 6.07 Å². The van der Waals surface area contributed by atoms with Crippen LogP contribution in [0, 0.1) is 0 Å². The molecule has 1 aromatic heterocycles. The quantitative estimate of drug-likeness (QED) is 0.789. The van der Waals surface area contributed by atoms with E-state index in [9.17, 15) is 9.59 Å². The molecule has 1 fully saturated rings. The molecule has 0 radical (unpaired) electrons. The van der Waals surface area contributed by atoms with Gasteiger partial charge in [0.15, 0.2) is 11.5 Å². The number of nitrogens with zero attached hydrogens (tertiary/aromatic N) is 1. The molecule has 0 bridgehead atoms. The van der Waals surface area contributed by atoms with Crippen LogP contribution in [0.25, 0.3) is 0 Å². The van der Waals surface area contributed by atoms with E-state index in [0.717, 1.165) is 31.2 Å². The highest BCUT2D eigenvalue weighted by molar-refractivity contribution is 5.84. The predicted molar refractivity (Wildman–Crippen MR) is 98.3 cm³/mol. The lowest BCUT2D eigenvalue weighted by Crippen LogP contribution is -2.44. The highest BCUT2D eigenvalue weighted by Crippen LogP contribution is 2.33. The molecule has 2 aromatic rings. The third-order valence-corrected chi connectivity index (χ3v) is 5.10. The van der Waals surface area contributed by atoms with Gasteiger partial charge in [-0.3, -0.25) is 0 Å². The van der Waals surface area contributed by atoms with Crippen LogP contribution in [0.1, 0.15) is 47.6 Å². The lowest BCUT2D eigenvalue weighted by atomic mass is 10.1. The van der Waals surface area contributed by atoms with Gasteiger partial charge in [-0.05, 0) is 42.7 Å². The van der Waals surface area contributed by atoms with Crippen molar-refractivity contribution in [3.05, 3.63) is 47.4 Å². The summed E-state index contributed by atoms with van der Waals surface area (Å²) >= 11 is 0. The van der Waals surface area contributed by atoms with Gasteiger partial charge in [-0.2, -0.15) is 0 Å². The van der Waals surface area contributed by atoms with Gasteiger partial charge >= 0.3 is 12.0 Å². The van der Waals surface area contributed by atoms with Crippen LogP contribution < -0.4 is 14.8 Å². The Hall–Kier alpha value is -3.16. The van der Waals surface area contributed by atoms with E-state index in [4.69, 9.17) is 19.0 Å². The van der Waals surface area contributed by atoms with Crippen molar-refractivity contribution in [2.24, 2.45) is 0 Å². The Morgan fingerprint density at radius 3 is 2.64 bits per heavy atom. The normalized spacial score (nSPS) is 15.6. The maximum absolute atomic E-state index is 12.9. The highest BCUT2D eigenvalue weighted by atomic mass is 16.7. The molecular weight excluding hydrogens is 364 g/mol. The van der Waals surface area contributed by atoms with Crippen LogP contribution >= 0.6 is 0 Å². The summed E-state index contributed by atoms with van der Waals surface area (Å²) in [5, 5.41) is 11.8. The first-order chi connectivity index (χ1) is 13.6. The summed E-state index contributed by atoms with van der Waals surface area (Å²) in [6.07, 6.45) is 4.16. The summed E-state index contributed by atoms with van der Waals surface area (Å²) in [6, 6.07) is 8.62. The molecule has 0 unspecified atom stereocenters. The van der Waals surface area contributed by atoms with Crippen LogP contribution in [0.3, 0.4) is 0 Å². The zero-order chi connectivity index (χ0) is 19.5. The van der Waals surface area contributed by atoms with E-state index in [2.05, 4.69) is 5.32 Å². The predicted octanol–water partition coefficient (Wildman–Crippen LogP) is 3.36. The Morgan fingerprint density at radius 2 is 1.89 bits per heavy atom. The molecule has 4 rings (SSSR count). The number of ether oxygens (including phenoxy) is 2. The largest absolute Gasteiger partial charge is 0.475 e. The van der Waals surface area contributed by atoms with E-state index in [-0.39, 0.29) is 31.2 Å². The van der Waals surface area contributed by atoms with Crippen LogP contribution in [0.5, 0.6) is 11.5 Å². The average molecular weight is 386 g/mol. The van der Waals surface area contributed by atoms with Crippen LogP contribution in [-0.2, 0) is 13.1 Å². The van der Waals surface area contributed by atoms with Crippen molar-refractivity contribution >= 4 is 12.0 Å². The standard InChI is InChI=1S/C20H22N2O6/c23-19(24)17-8-6-15(28-17)10-21-20(25)22(14-3-1-2-4-14)11-13-5-7-16-18(9-13)27-12-26-16/h5-9,14H,1-4,10-12H2,(H,21,25)(H,23,24). The van der Waals surface area contributed by atoms with Gasteiger partial charge in [0.1, 0.15) is 5.76 Å². The van der Waals surface area contributed by atoms with Crippen molar-refractivity contribution in [2.75, 3.05) is 6.79 Å². The van der Waals surface area contributed by atoms with Gasteiger partial charge in [0, 0.05) is 12.6 Å². The smallest absolute Gasteiger partial charge is 0.371 e. The zero-order valence-electron chi connectivity index (χ0n) is 15.3. The van der Waals surface area contributed by atoms with E-state index in [0.29, 0.717) is 23.8 Å². The third-order valence-electron chi connectivity index (χ3n) is 5.10. The van der Waals surface area contributed by atoms with Gasteiger partial charge in [0.2, 0.25) is 12.6 Å². The molecule has 1 aliphatic carbocycles. The molecule has 2 heterocycles. The van der Waals surface area contributed by atoms with E-state index in [1.165, 1.54) is 6.07 Å². The molecule has 2 aliphatic rings. The number of rotatable bonds is 6. The average Bonchev–Trinajstić information content (AvgIpc) is 3.45. The molecule has 8 nitrogen and oxygen atoms in total. The van der Waals surface area contributed by atoms with E-state index < -0.39 is 5.97 Å². The summed E-state index contributed by atoms with van der Waals surface area (Å²) in [4.78, 5) is 25.6. The van der Waals surface area contributed by atoms with Gasteiger partial charge < -0.3 is 29.2 Å². The first-order valence-electron chi connectivity index (χ1n) is 9.35. The minimum atomic E-state index is -1.13. The minimum Gasteiger partial charge on any atom is -0.475 e. The maximum atomic E-state index is 12.9. The second-order valence-corrected chi connectivity index (χ2v) is 6.98. The molecule has 28 heavy (non-hydrogen) atoms. The molecule has 1 aliphatic heterocycles. The fourth-order valence-electron chi connectivity index (χ4n) is 3.67. The molecule has 2 N–H and O–H groups in total. The minimum absolute atomic E-state index is 0.135. The number of furan rings is 1. The molecule has 148 valence electrons. The SMILES string of the molecule is O=C(O)c1ccc(CNC(=O)N(Cc2ccc3c(c2)OCO3)C2CCCC2)o1. The third kappa shape index (κ3) is 3.90. The Kier molecular flexibility index (Phi) is 5.10. The Morgan fingerprint density at radius 1 is 1.11 bits per heavy atom. The molecule has 1 aromatic carbocycles. The number of urea groups is 1. The Bertz CT molecular complexity index is 871. The first kappa shape index (κ1) is 18.2. The number of aromatic carboxylic acids is 1. The monoisotopic (exact) mass is 386 g/mol. The van der Waals surface area contributed by atoms with Crippen LogP contribution in [0.2, 0.25) is 0 Å². The van der Waals surface area contributed by atoms with Crippen molar-refractivity contribution in [1.29, 1.82) is 0 Å². The molecular formula is C20H22N2O6. The number of carbonyl (C=O) groups excluding carboxylic acids is 1. The number of nitrogens with one attached hydrogen (secondary N) is 1. The van der Waals surface area contributed by atoms with Crippen molar-refractivity contribution < 1.29 is 28.6 Å². The summed E-state index contributed by atoms with van der Waals surface area (Å²) in [6.45, 7) is 0.815. The number of carboxylic acids is 1. The topological polar surface area (TPSA) is 101 Å². The number of benzene rings is 1. The Balaban J connectivity index is 1.44. The lowest BCUT2D eigenvalue weighted by molar-refractivity contribution is 0.0660. The van der Waals surface area contributed by atoms with Crippen LogP contribution in [0.15, 0.2) is 34.7 Å². The summed E-state index contributed by atoms with van der Waals surface area (Å²) in [7, 11) is 0. The van der Waals surface area contributed by atoms with Crippen molar-refractivity contribution in [1.82, 2.24) is 10.2 Å². The Labute approximate surface area is 162 Å². The second kappa shape index (κ2) is 7.84. The van der Waals surface area contributed by atoms with E-state index >= 15 is 0 Å². The summed E-state index contributed by atoms with van der Waals surface area (Å²) < 4.78 is 16.0. The number of carboxylic acid groups (broad SMARTS) is 1. The second-order valence-electron chi connectivity index (χ2n) is 6.98. The summed E-state index contributed by atoms with van der Waals surface area (Å²) in [5.74, 6) is 0.541. The number of fused-ring (bicyclic) bond motifs is 1. The molecule has 8 heteroatoms. The van der Waals surface area contributed by atoms with Gasteiger partial charge in [-0.1, -0.05) is 18.9 Å². The number of hydrogen-bond donors (Lipinski definition) is 2. The number of carbonyl (C=O) groups is 2. The van der Waals surface area contributed by atoms with Gasteiger partial charge in [-0.25, -0.2) is 9.59 Å². The van der Waals surface area contributed by atoms with Gasteiger partial charge in [0.25, 0.3) is 0 Å². The maximum Gasteiger partial charge on any atom is 0.371 e. The summed E-state index contributed by atoms with van der Waals surface area (Å²) in [5.41, 5.74) is 0.970. The van der Waals surface area contributed by atoms with Crippen LogP contribution in [0.4, 0.5) is 4.79 Å². The fraction of sp³-hybridized carbons (Fsp3) is 0.400. The lowest BCUT2D eigenvalue weighted by Gasteiger charge is -2.29. The van der Waals surface area contributed by atoms with E-state index in [1.807, 2.05) is 23.1 Å². The molecule has 0 atom stereocenters. The number of amides is 2. The molecule has 0 spiro atoms. The first-order valence-corrected chi connectivity index (χ1v) is 9.35. The van der Waals surface area contributed by atoms with Gasteiger partial charge in [0.05, 0.1) is 6.54 Å². The van der Waals surface area contributed by atoms with Crippen molar-refractivity contribution in [2.45, 2.75) is 44.8 Å². The van der Waals surface area contributed by atoms with Crippen molar-refractivity contribution in [3.8, 4) is 11.5 Å². The van der Waals surface area contributed by atoms with Crippen LogP contribution in [-0.4, -0.2) is 34.8 Å². The highest BCUT2D eigenvalue weighted by Gasteiger charge is 2.27. The van der Waals surface area contributed by atoms with Crippen molar-refractivity contribution in [3.63, 3.8) is 0 Å². The number of hydrogen-bond acceptors (Lipinski definition) is 5. The molecule has 1 saturated carbocycles.